The van der Waals surface area contributed by atoms with Crippen molar-refractivity contribution < 1.29 is 28.2 Å². The number of hydrogen-bond donors (Lipinski definition) is 1. The lowest BCUT2D eigenvalue weighted by Crippen LogP contribution is -2.45. The number of carbonyl (C=O) groups excluding carboxylic acids is 1. The summed E-state index contributed by atoms with van der Waals surface area (Å²) in [7, 11) is 0. The van der Waals surface area contributed by atoms with Crippen LogP contribution in [0.25, 0.3) is 16.8 Å². The third-order valence-electron chi connectivity index (χ3n) is 8.52. The molecule has 2 fully saturated rings. The summed E-state index contributed by atoms with van der Waals surface area (Å²) in [5, 5.41) is 9.59. The number of carbonyl (C=O) groups is 2. The minimum atomic E-state index is -2.98. The molecule has 7 rings (SSSR count). The second-order valence-corrected chi connectivity index (χ2v) is 10.7. The Morgan fingerprint density at radius 1 is 1.02 bits per heavy atom. The second-order valence-electron chi connectivity index (χ2n) is 10.7. The number of ketones is 1. The van der Waals surface area contributed by atoms with Crippen molar-refractivity contribution in [2.75, 3.05) is 18.0 Å². The number of Topliss-reactive ketones (excluding diaryl/α,β-unsaturated/α-hetero) is 1. The van der Waals surface area contributed by atoms with Crippen LogP contribution in [0.4, 0.5) is 14.7 Å². The zero-order valence-corrected chi connectivity index (χ0v) is 21.3. The van der Waals surface area contributed by atoms with Crippen molar-refractivity contribution in [1.82, 2.24) is 19.4 Å². The average Bonchev–Trinajstić information content (AvgIpc) is 3.57. The highest BCUT2D eigenvalue weighted by Crippen LogP contribution is 2.44. The molecule has 3 aliphatic rings. The van der Waals surface area contributed by atoms with Gasteiger partial charge < -0.3 is 19.1 Å². The molecule has 4 atom stereocenters. The maximum Gasteiger partial charge on any atom is 0.387 e. The fourth-order valence-corrected chi connectivity index (χ4v) is 6.80. The van der Waals surface area contributed by atoms with Gasteiger partial charge in [0.25, 0.3) is 0 Å². The number of hydrogen-bond acceptors (Lipinski definition) is 7. The Kier molecular flexibility index (Phi) is 5.76. The Morgan fingerprint density at radius 3 is 2.45 bits per heavy atom. The van der Waals surface area contributed by atoms with Gasteiger partial charge in [0.1, 0.15) is 17.1 Å². The molecule has 4 heterocycles. The summed E-state index contributed by atoms with van der Waals surface area (Å²) in [5.41, 5.74) is 3.63. The number of halogens is 2. The first-order valence-electron chi connectivity index (χ1n) is 13.3. The Morgan fingerprint density at radius 2 is 1.75 bits per heavy atom. The highest BCUT2D eigenvalue weighted by atomic mass is 19.3. The lowest BCUT2D eigenvalue weighted by molar-refractivity contribution is -0.144. The van der Waals surface area contributed by atoms with Gasteiger partial charge in [-0.15, -0.1) is 0 Å². The number of ether oxygens (including phenoxy) is 1. The smallest absolute Gasteiger partial charge is 0.387 e. The topological polar surface area (TPSA) is 110 Å². The van der Waals surface area contributed by atoms with Crippen molar-refractivity contribution in [3.05, 3.63) is 71.9 Å². The average molecular weight is 546 g/mol. The lowest BCUT2D eigenvalue weighted by Gasteiger charge is -2.35. The number of fused-ring (bicyclic) bond motifs is 5. The van der Waals surface area contributed by atoms with Gasteiger partial charge >= 0.3 is 12.6 Å². The van der Waals surface area contributed by atoms with Gasteiger partial charge in [0, 0.05) is 60.7 Å². The number of anilines is 1. The zero-order valence-electron chi connectivity index (χ0n) is 21.3. The molecule has 9 nitrogen and oxygen atoms in total. The molecule has 0 spiro atoms. The summed E-state index contributed by atoms with van der Waals surface area (Å²) in [6, 6.07) is 10.2. The van der Waals surface area contributed by atoms with E-state index in [9.17, 15) is 23.5 Å². The number of carboxylic acid groups (broad SMARTS) is 1. The number of carboxylic acids is 1. The van der Waals surface area contributed by atoms with Crippen LogP contribution in [0.15, 0.2) is 55.0 Å². The minimum Gasteiger partial charge on any atom is -0.481 e. The Labute approximate surface area is 227 Å². The van der Waals surface area contributed by atoms with E-state index in [1.165, 1.54) is 6.07 Å². The Bertz CT molecular complexity index is 1630. The van der Waals surface area contributed by atoms with E-state index in [4.69, 9.17) is 4.74 Å². The van der Waals surface area contributed by atoms with Gasteiger partial charge in [-0.3, -0.25) is 9.59 Å². The molecule has 204 valence electrons. The van der Waals surface area contributed by atoms with Crippen molar-refractivity contribution in [2.24, 2.45) is 17.8 Å². The number of aliphatic carboxylic acids is 1. The standard InChI is InChI=1S/C29H25F2N5O4/c30-28(31)40-22-4-2-1-3-19(22)20-9-21(37)25-26(20)36-14-15(7-8-23(36)34-25)18-10-32-29(33-11-18)35-12-16-5-6-17(13-35)24(16)27(38)39/h1-4,7-8,10-11,14,16-17,20,24,28H,5-6,9,12-13H2,(H,38,39)/t16-,17+,20-,24+/m1/s1. The van der Waals surface area contributed by atoms with E-state index in [0.717, 1.165) is 24.0 Å². The van der Waals surface area contributed by atoms with Gasteiger partial charge in [0.2, 0.25) is 5.95 Å². The largest absolute Gasteiger partial charge is 0.481 e. The second kappa shape index (κ2) is 9.35. The first-order chi connectivity index (χ1) is 19.4. The summed E-state index contributed by atoms with van der Waals surface area (Å²) in [6.07, 6.45) is 7.27. The van der Waals surface area contributed by atoms with Gasteiger partial charge in [-0.05, 0) is 42.9 Å². The molecule has 2 bridgehead atoms. The number of pyridine rings is 1. The van der Waals surface area contributed by atoms with Gasteiger partial charge in [0.15, 0.2) is 5.78 Å². The number of alkyl halides is 2. The molecule has 11 heteroatoms. The molecule has 1 saturated heterocycles. The number of piperidine rings is 1. The number of imidazole rings is 1. The van der Waals surface area contributed by atoms with Crippen LogP contribution in [-0.2, 0) is 4.79 Å². The van der Waals surface area contributed by atoms with Gasteiger partial charge in [-0.25, -0.2) is 15.0 Å². The quantitative estimate of drug-likeness (QED) is 0.373. The number of rotatable bonds is 6. The van der Waals surface area contributed by atoms with Gasteiger partial charge in [-0.1, -0.05) is 18.2 Å². The maximum atomic E-state index is 13.1. The van der Waals surface area contributed by atoms with Crippen LogP contribution in [0.5, 0.6) is 5.75 Å². The van der Waals surface area contributed by atoms with Crippen LogP contribution in [0.3, 0.4) is 0 Å². The molecule has 1 N–H and O–H groups in total. The lowest BCUT2D eigenvalue weighted by atomic mass is 9.85. The van der Waals surface area contributed by atoms with Crippen molar-refractivity contribution in [3.8, 4) is 16.9 Å². The van der Waals surface area contributed by atoms with Crippen molar-refractivity contribution >= 4 is 23.3 Å². The van der Waals surface area contributed by atoms with E-state index < -0.39 is 18.5 Å². The van der Waals surface area contributed by atoms with Gasteiger partial charge in [0.05, 0.1) is 11.6 Å². The predicted octanol–water partition coefficient (Wildman–Crippen LogP) is 4.66. The van der Waals surface area contributed by atoms with E-state index in [-0.39, 0.29) is 35.7 Å². The van der Waals surface area contributed by atoms with E-state index in [1.807, 2.05) is 22.7 Å². The zero-order chi connectivity index (χ0) is 27.5. The van der Waals surface area contributed by atoms with E-state index in [2.05, 4.69) is 19.9 Å². The SMILES string of the molecule is O=C1C[C@H](c2ccccc2OC(F)F)c2c1nc1ccc(-c3cnc(N4C[C@H]5CC[C@@H](C4)[C@H]5C(=O)O)nc3)cn21. The first kappa shape index (κ1) is 24.6. The number of para-hydroxylation sites is 1. The van der Waals surface area contributed by atoms with Crippen LogP contribution in [0.1, 0.15) is 46.9 Å². The van der Waals surface area contributed by atoms with Crippen LogP contribution in [0, 0.1) is 17.8 Å². The third-order valence-corrected chi connectivity index (χ3v) is 8.52. The number of benzene rings is 1. The normalized spacial score (nSPS) is 23.7. The van der Waals surface area contributed by atoms with Gasteiger partial charge in [-0.2, -0.15) is 8.78 Å². The third kappa shape index (κ3) is 3.99. The van der Waals surface area contributed by atoms with Crippen molar-refractivity contribution in [3.63, 3.8) is 0 Å². The Balaban J connectivity index is 1.20. The van der Waals surface area contributed by atoms with Crippen LogP contribution >= 0.6 is 0 Å². The van der Waals surface area contributed by atoms with Crippen molar-refractivity contribution in [1.29, 1.82) is 0 Å². The minimum absolute atomic E-state index is 0.0408. The van der Waals surface area contributed by atoms with Crippen LogP contribution in [0.2, 0.25) is 0 Å². The molecule has 40 heavy (non-hydrogen) atoms. The summed E-state index contributed by atoms with van der Waals surface area (Å²) >= 11 is 0. The summed E-state index contributed by atoms with van der Waals surface area (Å²) in [6.45, 7) is -1.72. The molecule has 4 aromatic rings. The van der Waals surface area contributed by atoms with E-state index >= 15 is 0 Å². The summed E-state index contributed by atoms with van der Waals surface area (Å²) < 4.78 is 32.8. The first-order valence-corrected chi connectivity index (χ1v) is 13.3. The number of aromatic nitrogens is 4. The summed E-state index contributed by atoms with van der Waals surface area (Å²) in [5.74, 6) is -0.790. The molecule has 1 saturated carbocycles. The van der Waals surface area contributed by atoms with Crippen LogP contribution in [-0.4, -0.2) is 55.9 Å². The molecule has 1 aliphatic heterocycles. The molecule has 0 amide bonds. The molecule has 0 radical (unpaired) electrons. The highest BCUT2D eigenvalue weighted by Gasteiger charge is 2.46. The molecule has 2 aliphatic carbocycles. The molecular weight excluding hydrogens is 520 g/mol. The highest BCUT2D eigenvalue weighted by molar-refractivity contribution is 6.00. The fraction of sp³-hybridized carbons (Fsp3) is 0.345. The molecular formula is C29H25F2N5O4. The molecule has 1 aromatic carbocycles. The van der Waals surface area contributed by atoms with Crippen LogP contribution < -0.4 is 9.64 Å². The van der Waals surface area contributed by atoms with E-state index in [1.54, 1.807) is 30.6 Å². The summed E-state index contributed by atoms with van der Waals surface area (Å²) in [4.78, 5) is 40.4. The Hall–Kier alpha value is -4.41. The monoisotopic (exact) mass is 545 g/mol. The maximum absolute atomic E-state index is 13.1. The fourth-order valence-electron chi connectivity index (χ4n) is 6.80. The predicted molar refractivity (Wildman–Crippen MR) is 140 cm³/mol. The van der Waals surface area contributed by atoms with E-state index in [0.29, 0.717) is 41.6 Å². The molecule has 3 aromatic heterocycles. The van der Waals surface area contributed by atoms with Crippen molar-refractivity contribution in [2.45, 2.75) is 31.8 Å². The number of nitrogens with zero attached hydrogens (tertiary/aromatic N) is 5. The molecule has 0 unspecified atom stereocenters.